The van der Waals surface area contributed by atoms with E-state index in [1.807, 2.05) is 24.8 Å². The largest absolute Gasteiger partial charge is 0.327 e. The van der Waals surface area contributed by atoms with E-state index in [0.29, 0.717) is 5.92 Å². The number of nitrogens with zero attached hydrogens (tertiary/aromatic N) is 1. The average Bonchev–Trinajstić information content (AvgIpc) is 2.67. The van der Waals surface area contributed by atoms with Crippen LogP contribution in [-0.4, -0.2) is 22.5 Å². The van der Waals surface area contributed by atoms with Gasteiger partial charge in [0.05, 0.1) is 4.92 Å². The van der Waals surface area contributed by atoms with Crippen LogP contribution in [0.1, 0.15) is 11.1 Å². The van der Waals surface area contributed by atoms with Crippen LogP contribution in [0.5, 0.6) is 0 Å². The molecule has 1 heterocycles. The maximum atomic E-state index is 10.9. The third kappa shape index (κ3) is 2.61. The van der Waals surface area contributed by atoms with Gasteiger partial charge in [-0.2, -0.15) is 11.8 Å². The Hall–Kier alpha value is -1.07. The van der Waals surface area contributed by atoms with Crippen molar-refractivity contribution in [1.82, 2.24) is 0 Å². The molecule has 1 aliphatic rings. The monoisotopic (exact) mass is 252 g/mol. The zero-order valence-corrected chi connectivity index (χ0v) is 10.6. The van der Waals surface area contributed by atoms with Crippen molar-refractivity contribution < 1.29 is 4.92 Å². The SMILES string of the molecule is Cc1c(CC2CSCC2N)cccc1[N+](=O)[O-]. The Morgan fingerprint density at radius 3 is 2.88 bits per heavy atom. The van der Waals surface area contributed by atoms with E-state index < -0.39 is 0 Å². The molecule has 92 valence electrons. The highest BCUT2D eigenvalue weighted by molar-refractivity contribution is 7.99. The molecule has 0 aromatic heterocycles. The van der Waals surface area contributed by atoms with Gasteiger partial charge >= 0.3 is 0 Å². The van der Waals surface area contributed by atoms with E-state index in [2.05, 4.69) is 0 Å². The minimum Gasteiger partial charge on any atom is -0.327 e. The van der Waals surface area contributed by atoms with Gasteiger partial charge in [-0.25, -0.2) is 0 Å². The highest BCUT2D eigenvalue weighted by Gasteiger charge is 2.26. The third-order valence-corrected chi connectivity index (χ3v) is 4.63. The number of nitro benzene ring substituents is 1. The Balaban J connectivity index is 2.21. The van der Waals surface area contributed by atoms with Gasteiger partial charge in [0.2, 0.25) is 0 Å². The fourth-order valence-corrected chi connectivity index (χ4v) is 3.54. The van der Waals surface area contributed by atoms with Crippen LogP contribution in [0.25, 0.3) is 0 Å². The molecule has 0 amide bonds. The Bertz CT molecular complexity index is 437. The van der Waals surface area contributed by atoms with Crippen LogP contribution in [0.2, 0.25) is 0 Å². The summed E-state index contributed by atoms with van der Waals surface area (Å²) in [6.45, 7) is 1.82. The van der Waals surface area contributed by atoms with Gasteiger partial charge in [-0.1, -0.05) is 12.1 Å². The molecule has 4 nitrogen and oxygen atoms in total. The van der Waals surface area contributed by atoms with E-state index in [1.165, 1.54) is 0 Å². The molecule has 17 heavy (non-hydrogen) atoms. The predicted molar refractivity (Wildman–Crippen MR) is 70.3 cm³/mol. The number of thioether (sulfide) groups is 1. The molecule has 0 bridgehead atoms. The van der Waals surface area contributed by atoms with E-state index in [4.69, 9.17) is 5.73 Å². The summed E-state index contributed by atoms with van der Waals surface area (Å²) in [6, 6.07) is 5.51. The second-order valence-corrected chi connectivity index (χ2v) is 5.56. The maximum Gasteiger partial charge on any atom is 0.272 e. The fraction of sp³-hybridized carbons (Fsp3) is 0.500. The van der Waals surface area contributed by atoms with E-state index in [1.54, 1.807) is 12.1 Å². The van der Waals surface area contributed by atoms with E-state index in [-0.39, 0.29) is 16.7 Å². The van der Waals surface area contributed by atoms with Crippen LogP contribution in [0.15, 0.2) is 18.2 Å². The molecule has 2 N–H and O–H groups in total. The fourth-order valence-electron chi connectivity index (χ4n) is 2.20. The molecule has 0 spiro atoms. The highest BCUT2D eigenvalue weighted by atomic mass is 32.2. The van der Waals surface area contributed by atoms with E-state index >= 15 is 0 Å². The molecule has 1 aliphatic heterocycles. The average molecular weight is 252 g/mol. The third-order valence-electron chi connectivity index (χ3n) is 3.34. The summed E-state index contributed by atoms with van der Waals surface area (Å²) in [7, 11) is 0. The number of hydrogen-bond acceptors (Lipinski definition) is 4. The summed E-state index contributed by atoms with van der Waals surface area (Å²) in [6.07, 6.45) is 0.849. The van der Waals surface area contributed by atoms with Gasteiger partial charge in [-0.3, -0.25) is 10.1 Å². The summed E-state index contributed by atoms with van der Waals surface area (Å²) in [5.74, 6) is 2.50. The zero-order chi connectivity index (χ0) is 12.4. The number of rotatable bonds is 3. The summed E-state index contributed by atoms with van der Waals surface area (Å²) in [5.41, 5.74) is 8.07. The van der Waals surface area contributed by atoms with Gasteiger partial charge in [0, 0.05) is 23.4 Å². The summed E-state index contributed by atoms with van der Waals surface area (Å²) >= 11 is 1.87. The van der Waals surface area contributed by atoms with Crippen molar-refractivity contribution in [3.05, 3.63) is 39.4 Å². The highest BCUT2D eigenvalue weighted by Crippen LogP contribution is 2.29. The molecule has 1 aromatic rings. The summed E-state index contributed by atoms with van der Waals surface area (Å²) in [4.78, 5) is 10.5. The van der Waals surface area contributed by atoms with E-state index in [9.17, 15) is 10.1 Å². The van der Waals surface area contributed by atoms with Crippen molar-refractivity contribution in [3.63, 3.8) is 0 Å². The molecule has 1 fully saturated rings. The van der Waals surface area contributed by atoms with Gasteiger partial charge < -0.3 is 5.73 Å². The van der Waals surface area contributed by atoms with Gasteiger partial charge in [0.25, 0.3) is 5.69 Å². The first kappa shape index (κ1) is 12.4. The Morgan fingerprint density at radius 1 is 1.53 bits per heavy atom. The Morgan fingerprint density at radius 2 is 2.29 bits per heavy atom. The van der Waals surface area contributed by atoms with E-state index in [0.717, 1.165) is 29.1 Å². The van der Waals surface area contributed by atoms with Gasteiger partial charge in [0.1, 0.15) is 0 Å². The Labute approximate surface area is 105 Å². The lowest BCUT2D eigenvalue weighted by Crippen LogP contribution is -2.29. The summed E-state index contributed by atoms with van der Waals surface area (Å²) < 4.78 is 0. The quantitative estimate of drug-likeness (QED) is 0.661. The maximum absolute atomic E-state index is 10.9. The van der Waals surface area contributed by atoms with Crippen molar-refractivity contribution >= 4 is 17.4 Å². The standard InChI is InChI=1S/C12H16N2O2S/c1-8-9(3-2-4-12(8)14(15)16)5-10-6-17-7-11(10)13/h2-4,10-11H,5-7,13H2,1H3. The molecule has 0 saturated carbocycles. The van der Waals surface area contributed by atoms with Crippen molar-refractivity contribution in [3.8, 4) is 0 Å². The van der Waals surface area contributed by atoms with Crippen LogP contribution < -0.4 is 5.73 Å². The van der Waals surface area contributed by atoms with Crippen molar-refractivity contribution in [1.29, 1.82) is 0 Å². The van der Waals surface area contributed by atoms with Crippen LogP contribution in [0.3, 0.4) is 0 Å². The van der Waals surface area contributed by atoms with Crippen molar-refractivity contribution in [2.45, 2.75) is 19.4 Å². The number of nitro groups is 1. The molecule has 1 saturated heterocycles. The van der Waals surface area contributed by atoms with Crippen LogP contribution in [0.4, 0.5) is 5.69 Å². The molecule has 5 heteroatoms. The molecular formula is C12H16N2O2S. The first-order valence-electron chi connectivity index (χ1n) is 5.66. The van der Waals surface area contributed by atoms with Crippen LogP contribution in [0, 0.1) is 23.0 Å². The number of hydrogen-bond donors (Lipinski definition) is 1. The molecule has 2 rings (SSSR count). The van der Waals surface area contributed by atoms with Crippen molar-refractivity contribution in [2.24, 2.45) is 11.7 Å². The van der Waals surface area contributed by atoms with Crippen LogP contribution in [-0.2, 0) is 6.42 Å². The second-order valence-electron chi connectivity index (χ2n) is 4.48. The first-order valence-corrected chi connectivity index (χ1v) is 6.81. The molecule has 2 unspecified atom stereocenters. The van der Waals surface area contributed by atoms with Gasteiger partial charge in [-0.15, -0.1) is 0 Å². The minimum absolute atomic E-state index is 0.210. The normalized spacial score (nSPS) is 23.9. The minimum atomic E-state index is -0.317. The molecule has 0 aliphatic carbocycles. The second kappa shape index (κ2) is 5.06. The lowest BCUT2D eigenvalue weighted by Gasteiger charge is -2.15. The Kier molecular flexibility index (Phi) is 3.69. The molecule has 0 radical (unpaired) electrons. The van der Waals surface area contributed by atoms with Crippen LogP contribution >= 0.6 is 11.8 Å². The number of nitrogens with two attached hydrogens (primary N) is 1. The first-order chi connectivity index (χ1) is 8.09. The lowest BCUT2D eigenvalue weighted by molar-refractivity contribution is -0.385. The molecular weight excluding hydrogens is 236 g/mol. The van der Waals surface area contributed by atoms with Crippen molar-refractivity contribution in [2.75, 3.05) is 11.5 Å². The molecule has 2 atom stereocenters. The zero-order valence-electron chi connectivity index (χ0n) is 9.76. The topological polar surface area (TPSA) is 69.2 Å². The molecule has 1 aromatic carbocycles. The lowest BCUT2D eigenvalue weighted by atomic mass is 9.92. The summed E-state index contributed by atoms with van der Waals surface area (Å²) in [5, 5.41) is 10.9. The smallest absolute Gasteiger partial charge is 0.272 e. The van der Waals surface area contributed by atoms with Gasteiger partial charge in [0.15, 0.2) is 0 Å². The number of benzene rings is 1. The predicted octanol–water partition coefficient (Wildman–Crippen LogP) is 2.14. The van der Waals surface area contributed by atoms with Gasteiger partial charge in [-0.05, 0) is 30.6 Å².